The molecule has 3 aromatic rings. The first-order chi connectivity index (χ1) is 18.5. The molecule has 4 rings (SSSR count). The summed E-state index contributed by atoms with van der Waals surface area (Å²) in [4.78, 5) is 12.2. The van der Waals surface area contributed by atoms with Crippen molar-refractivity contribution in [2.75, 3.05) is 6.61 Å². The van der Waals surface area contributed by atoms with Gasteiger partial charge in [0.2, 0.25) is 0 Å². The second-order valence-corrected chi connectivity index (χ2v) is 9.54. The lowest BCUT2D eigenvalue weighted by Crippen LogP contribution is -2.61. The lowest BCUT2D eigenvalue weighted by molar-refractivity contribution is -0.259. The minimum Gasteiger partial charge on any atom is -0.457 e. The average molecular weight is 517 g/mol. The Morgan fingerprint density at radius 1 is 0.711 bits per heavy atom. The van der Waals surface area contributed by atoms with Crippen LogP contribution in [0.1, 0.15) is 30.5 Å². The van der Waals surface area contributed by atoms with Gasteiger partial charge in [0.1, 0.15) is 24.4 Å². The lowest BCUT2D eigenvalue weighted by atomic mass is 9.91. The van der Waals surface area contributed by atoms with Crippen LogP contribution < -0.4 is 0 Å². The molecule has 0 amide bonds. The Balaban J connectivity index is 1.60. The van der Waals surface area contributed by atoms with Crippen LogP contribution in [0.5, 0.6) is 0 Å². The van der Waals surface area contributed by atoms with Gasteiger partial charge in [0, 0.05) is 6.92 Å². The number of carbonyl (C=O) groups excluding carboxylic acids is 1. The number of hydrogen-bond donors (Lipinski definition) is 0. The van der Waals surface area contributed by atoms with Gasteiger partial charge in [0.05, 0.1) is 26.4 Å². The number of carbonyl (C=O) groups is 1. The summed E-state index contributed by atoms with van der Waals surface area (Å²) in [6.07, 6.45) is -2.93. The maximum Gasteiger partial charge on any atom is 0.303 e. The van der Waals surface area contributed by atoms with Crippen molar-refractivity contribution in [3.8, 4) is 0 Å². The van der Waals surface area contributed by atoms with Gasteiger partial charge >= 0.3 is 5.97 Å². The zero-order chi connectivity index (χ0) is 26.7. The van der Waals surface area contributed by atoms with E-state index in [0.29, 0.717) is 19.8 Å². The summed E-state index contributed by atoms with van der Waals surface area (Å²) in [6, 6.07) is 29.8. The summed E-state index contributed by atoms with van der Waals surface area (Å²) in [5.74, 6) is -0.418. The Morgan fingerprint density at radius 3 is 1.66 bits per heavy atom. The van der Waals surface area contributed by atoms with E-state index in [4.69, 9.17) is 23.7 Å². The molecule has 1 fully saturated rings. The fourth-order valence-corrected chi connectivity index (χ4v) is 4.56. The zero-order valence-corrected chi connectivity index (χ0v) is 22.0. The highest BCUT2D eigenvalue weighted by molar-refractivity contribution is 5.66. The number of hydrogen-bond acceptors (Lipinski definition) is 6. The molecule has 0 bridgehead atoms. The average Bonchev–Trinajstić information content (AvgIpc) is 2.93. The molecular weight excluding hydrogens is 480 g/mol. The summed E-state index contributed by atoms with van der Waals surface area (Å²) < 4.78 is 31.3. The molecule has 1 aliphatic rings. The van der Waals surface area contributed by atoms with Gasteiger partial charge in [-0.05, 0) is 29.2 Å². The highest BCUT2D eigenvalue weighted by Crippen LogP contribution is 2.33. The van der Waals surface area contributed by atoms with Crippen LogP contribution in [0.2, 0.25) is 0 Å². The molecule has 200 valence electrons. The minimum atomic E-state index is -0.722. The van der Waals surface area contributed by atoms with Crippen LogP contribution >= 0.6 is 0 Å². The van der Waals surface area contributed by atoms with E-state index in [1.165, 1.54) is 6.92 Å². The highest BCUT2D eigenvalue weighted by atomic mass is 16.6. The van der Waals surface area contributed by atoms with Crippen LogP contribution in [0.25, 0.3) is 0 Å². The fourth-order valence-electron chi connectivity index (χ4n) is 4.56. The predicted molar refractivity (Wildman–Crippen MR) is 145 cm³/mol. The molecule has 5 atom stereocenters. The SMILES string of the molecule is C=C(C)[C@@H]1O[C@H](COCc2ccccc2)[C@@H](OCc2ccccc2)[C@H](OCc2ccccc2)[C@H]1OC(C)=O. The molecule has 0 N–H and O–H groups in total. The van der Waals surface area contributed by atoms with Crippen molar-refractivity contribution in [1.82, 2.24) is 0 Å². The van der Waals surface area contributed by atoms with Crippen molar-refractivity contribution in [3.05, 3.63) is 120 Å². The minimum absolute atomic E-state index is 0.274. The van der Waals surface area contributed by atoms with E-state index in [1.54, 1.807) is 0 Å². The summed E-state index contributed by atoms with van der Waals surface area (Å²) in [6.45, 7) is 8.75. The van der Waals surface area contributed by atoms with Gasteiger partial charge in [-0.25, -0.2) is 0 Å². The van der Waals surface area contributed by atoms with Gasteiger partial charge in [-0.15, -0.1) is 0 Å². The molecule has 0 aliphatic carbocycles. The standard InChI is InChI=1S/C32H36O6/c1-23(2)29-32(37-24(3)33)31(36-21-27-17-11-6-12-18-27)30(35-20-26-15-9-5-10-16-26)28(38-29)22-34-19-25-13-7-4-8-14-25/h4-18,28-32H,1,19-22H2,2-3H3/t28-,29+,30-,31+,32+/m1/s1. The maximum atomic E-state index is 12.2. The monoisotopic (exact) mass is 516 g/mol. The van der Waals surface area contributed by atoms with Crippen molar-refractivity contribution in [3.63, 3.8) is 0 Å². The van der Waals surface area contributed by atoms with Crippen molar-refractivity contribution in [2.45, 2.75) is 64.2 Å². The number of esters is 1. The Hall–Kier alpha value is -3.29. The number of ether oxygens (including phenoxy) is 5. The molecule has 1 saturated heterocycles. The Morgan fingerprint density at radius 2 is 1.18 bits per heavy atom. The topological polar surface area (TPSA) is 63.2 Å². The first-order valence-corrected chi connectivity index (χ1v) is 12.9. The van der Waals surface area contributed by atoms with Crippen molar-refractivity contribution in [1.29, 1.82) is 0 Å². The van der Waals surface area contributed by atoms with Crippen LogP contribution in [-0.4, -0.2) is 43.1 Å². The number of rotatable bonds is 12. The molecular formula is C32H36O6. The highest BCUT2D eigenvalue weighted by Gasteiger charge is 2.49. The third kappa shape index (κ3) is 7.85. The lowest BCUT2D eigenvalue weighted by Gasteiger charge is -2.46. The molecule has 6 heteroatoms. The number of benzene rings is 3. The van der Waals surface area contributed by atoms with Gasteiger partial charge in [-0.3, -0.25) is 4.79 Å². The van der Waals surface area contributed by atoms with E-state index in [2.05, 4.69) is 6.58 Å². The molecule has 6 nitrogen and oxygen atoms in total. The van der Waals surface area contributed by atoms with Gasteiger partial charge in [-0.2, -0.15) is 0 Å². The summed E-state index contributed by atoms with van der Waals surface area (Å²) in [5, 5.41) is 0. The smallest absolute Gasteiger partial charge is 0.303 e. The fraction of sp³-hybridized carbons (Fsp3) is 0.344. The van der Waals surface area contributed by atoms with Crippen LogP contribution in [0, 0.1) is 0 Å². The van der Waals surface area contributed by atoms with Crippen molar-refractivity contribution < 1.29 is 28.5 Å². The van der Waals surface area contributed by atoms with Crippen molar-refractivity contribution >= 4 is 5.97 Å². The second kappa shape index (κ2) is 14.0. The van der Waals surface area contributed by atoms with Gasteiger partial charge < -0.3 is 23.7 Å². The third-order valence-electron chi connectivity index (χ3n) is 6.39. The second-order valence-electron chi connectivity index (χ2n) is 9.54. The maximum absolute atomic E-state index is 12.2. The zero-order valence-electron chi connectivity index (χ0n) is 22.0. The van der Waals surface area contributed by atoms with E-state index in [1.807, 2.05) is 97.9 Å². The molecule has 1 aliphatic heterocycles. The van der Waals surface area contributed by atoms with Gasteiger partial charge in [0.15, 0.2) is 6.10 Å². The first kappa shape index (κ1) is 27.7. The largest absolute Gasteiger partial charge is 0.457 e. The Labute approximate surface area is 225 Å². The van der Waals surface area contributed by atoms with E-state index in [-0.39, 0.29) is 6.61 Å². The molecule has 0 radical (unpaired) electrons. The van der Waals surface area contributed by atoms with Crippen LogP contribution in [0.3, 0.4) is 0 Å². The van der Waals surface area contributed by atoms with Crippen molar-refractivity contribution in [2.24, 2.45) is 0 Å². The summed E-state index contributed by atoms with van der Waals surface area (Å²) >= 11 is 0. The Bertz CT molecular complexity index is 1130. The molecule has 38 heavy (non-hydrogen) atoms. The van der Waals surface area contributed by atoms with E-state index in [0.717, 1.165) is 22.3 Å². The predicted octanol–water partition coefficient (Wildman–Crippen LogP) is 5.65. The Kier molecular flexibility index (Phi) is 10.2. The summed E-state index contributed by atoms with van der Waals surface area (Å²) in [7, 11) is 0. The quantitative estimate of drug-likeness (QED) is 0.229. The van der Waals surface area contributed by atoms with E-state index in [9.17, 15) is 4.79 Å². The molecule has 0 saturated carbocycles. The first-order valence-electron chi connectivity index (χ1n) is 12.9. The molecule has 0 unspecified atom stereocenters. The normalized spacial score (nSPS) is 23.1. The summed E-state index contributed by atoms with van der Waals surface area (Å²) in [5.41, 5.74) is 3.82. The molecule has 0 spiro atoms. The molecule has 3 aromatic carbocycles. The van der Waals surface area contributed by atoms with Crippen LogP contribution in [-0.2, 0) is 48.3 Å². The third-order valence-corrected chi connectivity index (χ3v) is 6.39. The van der Waals surface area contributed by atoms with E-state index < -0.39 is 36.5 Å². The van der Waals surface area contributed by atoms with Crippen LogP contribution in [0.4, 0.5) is 0 Å². The molecule has 1 heterocycles. The molecule has 0 aromatic heterocycles. The van der Waals surface area contributed by atoms with Gasteiger partial charge in [-0.1, -0.05) is 97.6 Å². The van der Waals surface area contributed by atoms with Gasteiger partial charge in [0.25, 0.3) is 0 Å². The van der Waals surface area contributed by atoms with E-state index >= 15 is 0 Å². The van der Waals surface area contributed by atoms with Crippen LogP contribution in [0.15, 0.2) is 103 Å².